The van der Waals surface area contributed by atoms with E-state index in [2.05, 4.69) is 5.32 Å². The Bertz CT molecular complexity index is 333. The minimum Gasteiger partial charge on any atom is -0.310 e. The van der Waals surface area contributed by atoms with Crippen molar-refractivity contribution in [2.45, 2.75) is 31.8 Å². The van der Waals surface area contributed by atoms with Crippen molar-refractivity contribution in [1.82, 2.24) is 5.32 Å². The lowest BCUT2D eigenvalue weighted by Gasteiger charge is -2.26. The normalized spacial score (nSPS) is 16.6. The molecular weight excluding hydrogens is 200 g/mol. The van der Waals surface area contributed by atoms with Crippen LogP contribution in [-0.2, 0) is 6.54 Å². The van der Waals surface area contributed by atoms with E-state index in [4.69, 9.17) is 0 Å². The second kappa shape index (κ2) is 4.06. The van der Waals surface area contributed by atoms with Crippen LogP contribution < -0.4 is 5.32 Å². The minimum atomic E-state index is -0.336. The molecule has 4 nitrogen and oxygen atoms in total. The summed E-state index contributed by atoms with van der Waals surface area (Å²) in [6.07, 6.45) is 3.79. The highest BCUT2D eigenvalue weighted by Gasteiger charge is 2.17. The summed E-state index contributed by atoms with van der Waals surface area (Å²) in [4.78, 5) is 10.1. The molecule has 5 heteroatoms. The quantitative estimate of drug-likeness (QED) is 0.615. The molecule has 76 valence electrons. The summed E-state index contributed by atoms with van der Waals surface area (Å²) in [5, 5.41) is 15.9. The Balaban J connectivity index is 1.86. The molecule has 1 saturated carbocycles. The monoisotopic (exact) mass is 212 g/mol. The van der Waals surface area contributed by atoms with Gasteiger partial charge in [-0.2, -0.15) is 0 Å². The van der Waals surface area contributed by atoms with Gasteiger partial charge in [0.05, 0.1) is 4.92 Å². The van der Waals surface area contributed by atoms with Gasteiger partial charge in [-0.3, -0.25) is 10.1 Å². The molecule has 2 rings (SSSR count). The van der Waals surface area contributed by atoms with E-state index >= 15 is 0 Å². The summed E-state index contributed by atoms with van der Waals surface area (Å²) in [7, 11) is 0. The average Bonchev–Trinajstić information content (AvgIpc) is 2.50. The highest BCUT2D eigenvalue weighted by Crippen LogP contribution is 2.23. The third kappa shape index (κ3) is 2.10. The Morgan fingerprint density at radius 1 is 1.64 bits per heavy atom. The van der Waals surface area contributed by atoms with Gasteiger partial charge in [0.25, 0.3) is 0 Å². The first-order chi connectivity index (χ1) is 6.75. The van der Waals surface area contributed by atoms with Crippen molar-refractivity contribution >= 4 is 16.3 Å². The van der Waals surface area contributed by atoms with E-state index < -0.39 is 0 Å². The summed E-state index contributed by atoms with van der Waals surface area (Å²) < 4.78 is 0. The number of hydrogen-bond acceptors (Lipinski definition) is 4. The largest absolute Gasteiger partial charge is 0.324 e. The molecule has 0 saturated heterocycles. The molecule has 14 heavy (non-hydrogen) atoms. The van der Waals surface area contributed by atoms with E-state index in [1.165, 1.54) is 30.6 Å². The first-order valence-corrected chi connectivity index (χ1v) is 5.59. The fourth-order valence-corrected chi connectivity index (χ4v) is 2.15. The van der Waals surface area contributed by atoms with Crippen molar-refractivity contribution in [3.05, 3.63) is 27.1 Å². The predicted molar refractivity (Wildman–Crippen MR) is 55.5 cm³/mol. The van der Waals surface area contributed by atoms with Crippen molar-refractivity contribution < 1.29 is 4.92 Å². The molecule has 0 spiro atoms. The lowest BCUT2D eigenvalue weighted by molar-refractivity contribution is -0.380. The second-order valence-electron chi connectivity index (χ2n) is 3.56. The van der Waals surface area contributed by atoms with Crippen LogP contribution in [0.4, 0.5) is 5.00 Å². The Hall–Kier alpha value is -0.940. The van der Waals surface area contributed by atoms with Crippen LogP contribution in [-0.4, -0.2) is 11.0 Å². The third-order valence-corrected chi connectivity index (χ3v) is 3.45. The second-order valence-corrected chi connectivity index (χ2v) is 4.45. The van der Waals surface area contributed by atoms with Gasteiger partial charge in [0.15, 0.2) is 0 Å². The van der Waals surface area contributed by atoms with E-state index in [9.17, 15) is 10.1 Å². The number of nitrogens with one attached hydrogen (secondary N) is 1. The zero-order valence-electron chi connectivity index (χ0n) is 7.73. The van der Waals surface area contributed by atoms with Gasteiger partial charge < -0.3 is 5.32 Å². The lowest BCUT2D eigenvalue weighted by atomic mass is 9.93. The van der Waals surface area contributed by atoms with Crippen molar-refractivity contribution in [1.29, 1.82) is 0 Å². The highest BCUT2D eigenvalue weighted by molar-refractivity contribution is 7.13. The zero-order valence-corrected chi connectivity index (χ0v) is 8.55. The molecule has 0 bridgehead atoms. The van der Waals surface area contributed by atoms with Crippen LogP contribution >= 0.6 is 11.3 Å². The predicted octanol–water partition coefficient (Wildman–Crippen LogP) is 2.30. The van der Waals surface area contributed by atoms with E-state index in [1.807, 2.05) is 5.38 Å². The Labute approximate surface area is 86.1 Å². The molecule has 0 aromatic carbocycles. The Morgan fingerprint density at radius 2 is 2.43 bits per heavy atom. The number of hydrogen-bond donors (Lipinski definition) is 1. The molecule has 1 aromatic rings. The number of rotatable bonds is 4. The summed E-state index contributed by atoms with van der Waals surface area (Å²) in [5.41, 5.74) is 1.02. The van der Waals surface area contributed by atoms with Gasteiger partial charge in [-0.25, -0.2) is 0 Å². The Morgan fingerprint density at radius 3 is 2.93 bits per heavy atom. The van der Waals surface area contributed by atoms with Gasteiger partial charge in [0.2, 0.25) is 0 Å². The highest BCUT2D eigenvalue weighted by atomic mass is 32.1. The Kier molecular flexibility index (Phi) is 2.79. The van der Waals surface area contributed by atoms with Crippen LogP contribution in [0.3, 0.4) is 0 Å². The van der Waals surface area contributed by atoms with Crippen LogP contribution in [0.5, 0.6) is 0 Å². The molecule has 1 fully saturated rings. The molecule has 0 amide bonds. The molecule has 1 heterocycles. The first kappa shape index (κ1) is 9.61. The summed E-state index contributed by atoms with van der Waals surface area (Å²) in [6.45, 7) is 0.759. The van der Waals surface area contributed by atoms with Crippen molar-refractivity contribution in [3.63, 3.8) is 0 Å². The molecular formula is C9H12N2O2S. The summed E-state index contributed by atoms with van der Waals surface area (Å²) in [6, 6.07) is 2.28. The topological polar surface area (TPSA) is 55.2 Å². The molecule has 1 aliphatic carbocycles. The number of thiophene rings is 1. The zero-order chi connectivity index (χ0) is 9.97. The van der Waals surface area contributed by atoms with Crippen LogP contribution in [0.2, 0.25) is 0 Å². The van der Waals surface area contributed by atoms with Crippen LogP contribution in [0.25, 0.3) is 0 Å². The maximum Gasteiger partial charge on any atom is 0.324 e. The summed E-state index contributed by atoms with van der Waals surface area (Å²) >= 11 is 1.20. The van der Waals surface area contributed by atoms with Gasteiger partial charge in [0, 0.05) is 24.0 Å². The number of nitrogens with zero attached hydrogens (tertiary/aromatic N) is 1. The first-order valence-electron chi connectivity index (χ1n) is 4.71. The molecule has 1 aliphatic rings. The van der Waals surface area contributed by atoms with Gasteiger partial charge in [-0.15, -0.1) is 0 Å². The van der Waals surface area contributed by atoms with Gasteiger partial charge in [0.1, 0.15) is 0 Å². The average molecular weight is 212 g/mol. The van der Waals surface area contributed by atoms with Gasteiger partial charge in [-0.05, 0) is 18.4 Å². The van der Waals surface area contributed by atoms with Crippen LogP contribution in [0.1, 0.15) is 24.8 Å². The fourth-order valence-electron chi connectivity index (χ4n) is 1.43. The van der Waals surface area contributed by atoms with Crippen molar-refractivity contribution in [3.8, 4) is 0 Å². The molecule has 0 radical (unpaired) electrons. The van der Waals surface area contributed by atoms with E-state index in [-0.39, 0.29) is 9.92 Å². The molecule has 0 unspecified atom stereocenters. The standard InChI is InChI=1S/C9H12N2O2S/c12-11(13)9-4-7(6-14-9)5-10-8-2-1-3-8/h4,6,8,10H,1-3,5H2. The van der Waals surface area contributed by atoms with E-state index in [1.54, 1.807) is 6.07 Å². The van der Waals surface area contributed by atoms with Crippen molar-refractivity contribution in [2.24, 2.45) is 0 Å². The third-order valence-electron chi connectivity index (χ3n) is 2.52. The van der Waals surface area contributed by atoms with E-state index in [0.29, 0.717) is 6.04 Å². The molecule has 0 atom stereocenters. The number of nitro groups is 1. The SMILES string of the molecule is O=[N+]([O-])c1cc(CNC2CCC2)cs1. The summed E-state index contributed by atoms with van der Waals surface area (Å²) in [5.74, 6) is 0. The maximum atomic E-state index is 10.4. The van der Waals surface area contributed by atoms with Crippen LogP contribution in [0, 0.1) is 10.1 Å². The smallest absolute Gasteiger partial charge is 0.310 e. The van der Waals surface area contributed by atoms with Gasteiger partial charge in [-0.1, -0.05) is 17.8 Å². The lowest BCUT2D eigenvalue weighted by Crippen LogP contribution is -2.34. The van der Waals surface area contributed by atoms with Crippen molar-refractivity contribution in [2.75, 3.05) is 0 Å². The minimum absolute atomic E-state index is 0.232. The van der Waals surface area contributed by atoms with Gasteiger partial charge >= 0.3 is 5.00 Å². The molecule has 1 N–H and O–H groups in total. The molecule has 1 aromatic heterocycles. The van der Waals surface area contributed by atoms with Crippen LogP contribution in [0.15, 0.2) is 11.4 Å². The maximum absolute atomic E-state index is 10.4. The molecule has 0 aliphatic heterocycles. The fraction of sp³-hybridized carbons (Fsp3) is 0.556. The van der Waals surface area contributed by atoms with E-state index in [0.717, 1.165) is 12.1 Å².